The molecule has 5 nitrogen and oxygen atoms in total. The molecule has 2 atom stereocenters. The van der Waals surface area contributed by atoms with E-state index in [4.69, 9.17) is 14.2 Å². The van der Waals surface area contributed by atoms with Crippen molar-refractivity contribution in [1.29, 1.82) is 0 Å². The van der Waals surface area contributed by atoms with Crippen LogP contribution in [0.3, 0.4) is 0 Å². The average molecular weight is 385 g/mol. The summed E-state index contributed by atoms with van der Waals surface area (Å²) in [7, 11) is 2.58. The van der Waals surface area contributed by atoms with Crippen LogP contribution in [0.15, 0.2) is 30.3 Å². The number of methoxy groups -OCH3 is 2. The molecule has 1 fully saturated rings. The molecule has 1 aliphatic heterocycles. The Morgan fingerprint density at radius 1 is 1.13 bits per heavy atom. The molecule has 0 bridgehead atoms. The molecule has 0 saturated carbocycles. The molecule has 6 heteroatoms. The van der Waals surface area contributed by atoms with Crippen LogP contribution in [-0.2, 0) is 23.8 Å². The van der Waals surface area contributed by atoms with Gasteiger partial charge in [0.1, 0.15) is 0 Å². The molecule has 1 saturated heterocycles. The summed E-state index contributed by atoms with van der Waals surface area (Å²) in [5.41, 5.74) is 0. The van der Waals surface area contributed by atoms with Crippen molar-refractivity contribution in [2.45, 2.75) is 11.7 Å². The summed E-state index contributed by atoms with van der Waals surface area (Å²) in [4.78, 5) is 23.7. The van der Waals surface area contributed by atoms with Gasteiger partial charge in [0.2, 0.25) is 0 Å². The van der Waals surface area contributed by atoms with Crippen molar-refractivity contribution in [2.24, 2.45) is 17.8 Å². The van der Waals surface area contributed by atoms with Gasteiger partial charge in [-0.15, -0.1) is 0 Å². The first kappa shape index (κ1) is 18.0. The van der Waals surface area contributed by atoms with Gasteiger partial charge in [-0.05, 0) is 0 Å². The molecule has 0 spiro atoms. The van der Waals surface area contributed by atoms with E-state index in [2.05, 4.69) is 12.1 Å². The summed E-state index contributed by atoms with van der Waals surface area (Å²) in [5, 5.41) is 1.04. The Hall–Kier alpha value is -1.36. The standard InChI is InChI=1S/C17H22O5Se/c1-20-16(18)15(17(19)21-2)8-12-9-22-10-13(12)11-23-14-6-4-3-5-7-14/h3-7,12-13,15H,8-11H2,1-2H3/t12-,13+/m1/s1. The van der Waals surface area contributed by atoms with Crippen molar-refractivity contribution in [3.63, 3.8) is 0 Å². The summed E-state index contributed by atoms with van der Waals surface area (Å²) in [6.45, 7) is 1.27. The Morgan fingerprint density at radius 3 is 2.35 bits per heavy atom. The van der Waals surface area contributed by atoms with Crippen LogP contribution in [-0.4, -0.2) is 54.3 Å². The summed E-state index contributed by atoms with van der Waals surface area (Å²) >= 11 is 0.365. The van der Waals surface area contributed by atoms with E-state index in [1.54, 1.807) is 0 Å². The van der Waals surface area contributed by atoms with Crippen LogP contribution in [0.25, 0.3) is 0 Å². The topological polar surface area (TPSA) is 61.8 Å². The molecule has 0 N–H and O–H groups in total. The van der Waals surface area contributed by atoms with Gasteiger partial charge in [-0.2, -0.15) is 0 Å². The molecule has 1 heterocycles. The fraction of sp³-hybridized carbons (Fsp3) is 0.529. The number of esters is 2. The zero-order chi connectivity index (χ0) is 16.7. The molecule has 1 aromatic carbocycles. The van der Waals surface area contributed by atoms with Crippen molar-refractivity contribution in [3.05, 3.63) is 30.3 Å². The van der Waals surface area contributed by atoms with Crippen LogP contribution >= 0.6 is 0 Å². The maximum atomic E-state index is 11.8. The average Bonchev–Trinajstić information content (AvgIpc) is 3.04. The van der Waals surface area contributed by atoms with Crippen molar-refractivity contribution < 1.29 is 23.8 Å². The quantitative estimate of drug-likeness (QED) is 0.399. The zero-order valence-corrected chi connectivity index (χ0v) is 15.1. The predicted molar refractivity (Wildman–Crippen MR) is 86.6 cm³/mol. The van der Waals surface area contributed by atoms with Gasteiger partial charge < -0.3 is 0 Å². The summed E-state index contributed by atoms with van der Waals surface area (Å²) < 4.78 is 16.4. The Morgan fingerprint density at radius 2 is 1.74 bits per heavy atom. The van der Waals surface area contributed by atoms with Crippen LogP contribution in [0.4, 0.5) is 0 Å². The number of benzene rings is 1. The molecular formula is C17H22O5Se. The third-order valence-corrected chi connectivity index (χ3v) is 6.57. The van der Waals surface area contributed by atoms with E-state index in [9.17, 15) is 9.59 Å². The van der Waals surface area contributed by atoms with Crippen LogP contribution in [0, 0.1) is 17.8 Å². The fourth-order valence-electron chi connectivity index (χ4n) is 2.68. The first-order valence-electron chi connectivity index (χ1n) is 7.57. The Balaban J connectivity index is 1.94. The maximum absolute atomic E-state index is 11.8. The van der Waals surface area contributed by atoms with Crippen molar-refractivity contribution in [3.8, 4) is 0 Å². The normalized spacial score (nSPS) is 20.5. The van der Waals surface area contributed by atoms with Gasteiger partial charge in [0.05, 0.1) is 0 Å². The van der Waals surface area contributed by atoms with E-state index in [0.717, 1.165) is 5.32 Å². The summed E-state index contributed by atoms with van der Waals surface area (Å²) in [6, 6.07) is 10.4. The first-order valence-corrected chi connectivity index (χ1v) is 9.63. The van der Waals surface area contributed by atoms with Gasteiger partial charge in [0, 0.05) is 0 Å². The zero-order valence-electron chi connectivity index (χ0n) is 13.4. The number of ether oxygens (including phenoxy) is 3. The second kappa shape index (κ2) is 9.06. The van der Waals surface area contributed by atoms with Crippen LogP contribution in [0.1, 0.15) is 6.42 Å². The second-order valence-electron chi connectivity index (χ2n) is 5.52. The molecule has 0 amide bonds. The molecule has 0 aliphatic carbocycles. The fourth-order valence-corrected chi connectivity index (χ4v) is 5.04. The molecular weight excluding hydrogens is 363 g/mol. The number of hydrogen-bond acceptors (Lipinski definition) is 5. The third kappa shape index (κ3) is 5.06. The molecule has 2 rings (SSSR count). The van der Waals surface area contributed by atoms with Crippen molar-refractivity contribution in [2.75, 3.05) is 27.4 Å². The molecule has 23 heavy (non-hydrogen) atoms. The molecule has 0 aromatic heterocycles. The number of hydrogen-bond donors (Lipinski definition) is 0. The van der Waals surface area contributed by atoms with E-state index in [1.807, 2.05) is 18.2 Å². The van der Waals surface area contributed by atoms with Crippen LogP contribution in [0.2, 0.25) is 5.32 Å². The SMILES string of the molecule is COC(=O)C(C[C@@H]1COC[C@H]1C[Se]c1ccccc1)C(=O)OC. The van der Waals surface area contributed by atoms with Gasteiger partial charge in [0.15, 0.2) is 0 Å². The van der Waals surface area contributed by atoms with Gasteiger partial charge in [0.25, 0.3) is 0 Å². The molecule has 1 aliphatic rings. The van der Waals surface area contributed by atoms with Crippen LogP contribution < -0.4 is 4.46 Å². The van der Waals surface area contributed by atoms with Gasteiger partial charge in [-0.3, -0.25) is 0 Å². The number of carbonyl (C=O) groups excluding carboxylic acids is 2. The Kier molecular flexibility index (Phi) is 7.09. The van der Waals surface area contributed by atoms with E-state index in [0.29, 0.717) is 40.5 Å². The molecule has 126 valence electrons. The van der Waals surface area contributed by atoms with E-state index in [1.165, 1.54) is 18.7 Å². The number of carbonyl (C=O) groups is 2. The van der Waals surface area contributed by atoms with Gasteiger partial charge in [-0.1, -0.05) is 0 Å². The Bertz CT molecular complexity index is 503. The van der Waals surface area contributed by atoms with Crippen LogP contribution in [0.5, 0.6) is 0 Å². The second-order valence-corrected chi connectivity index (χ2v) is 7.81. The predicted octanol–water partition coefficient (Wildman–Crippen LogP) is 1.05. The molecule has 1 aromatic rings. The van der Waals surface area contributed by atoms with E-state index in [-0.39, 0.29) is 5.92 Å². The van der Waals surface area contributed by atoms with Crippen molar-refractivity contribution in [1.82, 2.24) is 0 Å². The third-order valence-electron chi connectivity index (χ3n) is 4.05. The van der Waals surface area contributed by atoms with Gasteiger partial charge in [-0.25, -0.2) is 0 Å². The molecule has 0 unspecified atom stereocenters. The van der Waals surface area contributed by atoms with E-state index < -0.39 is 17.9 Å². The monoisotopic (exact) mass is 386 g/mol. The summed E-state index contributed by atoms with van der Waals surface area (Å²) in [5.74, 6) is -1.37. The minimum absolute atomic E-state index is 0.184. The summed E-state index contributed by atoms with van der Waals surface area (Å²) in [6.07, 6.45) is 0.425. The minimum atomic E-state index is -0.858. The molecule has 0 radical (unpaired) electrons. The van der Waals surface area contributed by atoms with E-state index >= 15 is 0 Å². The Labute approximate surface area is 142 Å². The first-order chi connectivity index (χ1) is 11.2. The van der Waals surface area contributed by atoms with Gasteiger partial charge >= 0.3 is 142 Å². The number of rotatable bonds is 7. The van der Waals surface area contributed by atoms with Crippen molar-refractivity contribution >= 4 is 31.4 Å².